The maximum absolute atomic E-state index is 9.66. The zero-order valence-corrected chi connectivity index (χ0v) is 13.5. The van der Waals surface area contributed by atoms with Gasteiger partial charge in [0.15, 0.2) is 0 Å². The summed E-state index contributed by atoms with van der Waals surface area (Å²) in [6, 6.07) is 1.92. The van der Waals surface area contributed by atoms with E-state index in [1.807, 2.05) is 26.8 Å². The summed E-state index contributed by atoms with van der Waals surface area (Å²) in [6.45, 7) is 8.47. The molecule has 0 saturated carbocycles. The van der Waals surface area contributed by atoms with Crippen molar-refractivity contribution in [3.05, 3.63) is 27.8 Å². The predicted octanol–water partition coefficient (Wildman–Crippen LogP) is 3.59. The first-order chi connectivity index (χ1) is 9.42. The minimum atomic E-state index is -0.720. The Kier molecular flexibility index (Phi) is 6.80. The summed E-state index contributed by atoms with van der Waals surface area (Å²) >= 11 is 6.27. The zero-order valence-electron chi connectivity index (χ0n) is 12.7. The highest BCUT2D eigenvalue weighted by atomic mass is 35.5. The minimum Gasteiger partial charge on any atom is -0.493 e. The van der Waals surface area contributed by atoms with Crippen molar-refractivity contribution in [1.82, 2.24) is 0 Å². The summed E-state index contributed by atoms with van der Waals surface area (Å²) in [6.07, 6.45) is 0.705. The maximum atomic E-state index is 9.66. The van der Waals surface area contributed by atoms with Crippen molar-refractivity contribution in [2.24, 2.45) is 0 Å². The number of ether oxygens (including phenoxy) is 1. The van der Waals surface area contributed by atoms with Crippen LogP contribution in [0.4, 0.5) is 0 Å². The molecule has 4 heteroatoms. The topological polar surface area (TPSA) is 49.7 Å². The van der Waals surface area contributed by atoms with Gasteiger partial charge in [0.25, 0.3) is 0 Å². The van der Waals surface area contributed by atoms with E-state index in [1.54, 1.807) is 0 Å². The number of halogens is 1. The number of benzene rings is 1. The van der Waals surface area contributed by atoms with Gasteiger partial charge < -0.3 is 14.9 Å². The summed E-state index contributed by atoms with van der Waals surface area (Å²) in [5.74, 6) is 0.938. The normalized spacial score (nSPS) is 14.2. The van der Waals surface area contributed by atoms with Crippen LogP contribution in [0.2, 0.25) is 5.02 Å². The molecular formula is C16H25ClO3. The van der Waals surface area contributed by atoms with Gasteiger partial charge in [0.1, 0.15) is 5.75 Å². The first kappa shape index (κ1) is 17.3. The van der Waals surface area contributed by atoms with Crippen LogP contribution in [0.25, 0.3) is 0 Å². The second-order valence-electron chi connectivity index (χ2n) is 5.36. The van der Waals surface area contributed by atoms with Gasteiger partial charge in [-0.3, -0.25) is 0 Å². The van der Waals surface area contributed by atoms with Crippen LogP contribution < -0.4 is 4.74 Å². The Morgan fingerprint density at radius 1 is 1.35 bits per heavy atom. The number of hydrogen-bond donors (Lipinski definition) is 2. The van der Waals surface area contributed by atoms with Crippen molar-refractivity contribution in [2.75, 3.05) is 13.2 Å². The van der Waals surface area contributed by atoms with Crippen LogP contribution in [0.3, 0.4) is 0 Å². The van der Waals surface area contributed by atoms with E-state index < -0.39 is 6.10 Å². The smallest absolute Gasteiger partial charge is 0.126 e. The predicted molar refractivity (Wildman–Crippen MR) is 82.8 cm³/mol. The molecule has 2 atom stereocenters. The molecule has 1 aromatic rings. The highest BCUT2D eigenvalue weighted by molar-refractivity contribution is 6.31. The molecule has 1 aromatic carbocycles. The first-order valence-corrected chi connectivity index (χ1v) is 7.51. The highest BCUT2D eigenvalue weighted by Crippen LogP contribution is 2.38. The average molecular weight is 301 g/mol. The Balaban J connectivity index is 3.18. The van der Waals surface area contributed by atoms with Gasteiger partial charge in [0.05, 0.1) is 19.3 Å². The van der Waals surface area contributed by atoms with Crippen molar-refractivity contribution in [2.45, 2.75) is 52.6 Å². The quantitative estimate of drug-likeness (QED) is 0.809. The molecule has 2 unspecified atom stereocenters. The maximum Gasteiger partial charge on any atom is 0.126 e. The Morgan fingerprint density at radius 3 is 2.55 bits per heavy atom. The number of rotatable bonds is 7. The highest BCUT2D eigenvalue weighted by Gasteiger charge is 2.21. The number of aliphatic hydroxyl groups excluding tert-OH is 2. The molecule has 20 heavy (non-hydrogen) atoms. The van der Waals surface area contributed by atoms with E-state index in [-0.39, 0.29) is 12.5 Å². The second-order valence-corrected chi connectivity index (χ2v) is 5.77. The third-order valence-corrected chi connectivity index (χ3v) is 3.88. The molecule has 0 bridgehead atoms. The zero-order chi connectivity index (χ0) is 15.3. The van der Waals surface area contributed by atoms with Crippen LogP contribution in [0, 0.1) is 13.8 Å². The largest absolute Gasteiger partial charge is 0.493 e. The molecule has 0 heterocycles. The fraction of sp³-hybridized carbons (Fsp3) is 0.625. The fourth-order valence-corrected chi connectivity index (χ4v) is 2.73. The summed E-state index contributed by atoms with van der Waals surface area (Å²) in [5.41, 5.74) is 3.03. The molecule has 3 nitrogen and oxygen atoms in total. The van der Waals surface area contributed by atoms with Crippen molar-refractivity contribution in [3.8, 4) is 5.75 Å². The molecule has 1 rings (SSSR count). The monoisotopic (exact) mass is 300 g/mol. The average Bonchev–Trinajstić information content (AvgIpc) is 2.40. The fourth-order valence-electron chi connectivity index (χ4n) is 2.46. The van der Waals surface area contributed by atoms with Crippen molar-refractivity contribution < 1.29 is 14.9 Å². The van der Waals surface area contributed by atoms with Gasteiger partial charge in [-0.2, -0.15) is 0 Å². The van der Waals surface area contributed by atoms with Gasteiger partial charge in [-0.1, -0.05) is 25.4 Å². The van der Waals surface area contributed by atoms with E-state index >= 15 is 0 Å². The van der Waals surface area contributed by atoms with Crippen molar-refractivity contribution in [3.63, 3.8) is 0 Å². The lowest BCUT2D eigenvalue weighted by atomic mass is 9.89. The van der Waals surface area contributed by atoms with Gasteiger partial charge >= 0.3 is 0 Å². The minimum absolute atomic E-state index is 0.0707. The Hall–Kier alpha value is -0.770. The van der Waals surface area contributed by atoms with Crippen LogP contribution >= 0.6 is 11.6 Å². The van der Waals surface area contributed by atoms with Gasteiger partial charge in [-0.25, -0.2) is 0 Å². The second kappa shape index (κ2) is 7.87. The van der Waals surface area contributed by atoms with Gasteiger partial charge in [0, 0.05) is 10.6 Å². The lowest BCUT2D eigenvalue weighted by Gasteiger charge is -2.23. The molecule has 2 N–H and O–H groups in total. The Morgan fingerprint density at radius 2 is 2.00 bits per heavy atom. The molecule has 0 aliphatic carbocycles. The molecular weight excluding hydrogens is 276 g/mol. The van der Waals surface area contributed by atoms with Crippen LogP contribution in [0.15, 0.2) is 6.07 Å². The van der Waals surface area contributed by atoms with Crippen molar-refractivity contribution in [1.29, 1.82) is 0 Å². The lowest BCUT2D eigenvalue weighted by Crippen LogP contribution is -2.16. The van der Waals surface area contributed by atoms with Crippen LogP contribution in [-0.2, 0) is 0 Å². The van der Waals surface area contributed by atoms with Gasteiger partial charge in [-0.05, 0) is 49.8 Å². The molecule has 0 amide bonds. The third kappa shape index (κ3) is 4.11. The van der Waals surface area contributed by atoms with Crippen LogP contribution in [0.5, 0.6) is 5.75 Å². The van der Waals surface area contributed by atoms with E-state index in [1.165, 1.54) is 0 Å². The van der Waals surface area contributed by atoms with Crippen LogP contribution in [0.1, 0.15) is 49.3 Å². The molecule has 0 spiro atoms. The van der Waals surface area contributed by atoms with Gasteiger partial charge in [0.2, 0.25) is 0 Å². The van der Waals surface area contributed by atoms with E-state index in [0.717, 1.165) is 28.9 Å². The molecule has 114 valence electrons. The summed E-state index contributed by atoms with van der Waals surface area (Å²) in [5, 5.41) is 19.4. The van der Waals surface area contributed by atoms with E-state index in [9.17, 15) is 5.11 Å². The van der Waals surface area contributed by atoms with E-state index in [2.05, 4.69) is 6.92 Å². The number of hydrogen-bond acceptors (Lipinski definition) is 3. The Labute approximate surface area is 126 Å². The van der Waals surface area contributed by atoms with E-state index in [0.29, 0.717) is 18.1 Å². The molecule has 0 radical (unpaired) electrons. The molecule has 0 saturated heterocycles. The van der Waals surface area contributed by atoms with Crippen molar-refractivity contribution >= 4 is 11.6 Å². The molecule has 0 aromatic heterocycles. The van der Waals surface area contributed by atoms with Crippen LogP contribution in [-0.4, -0.2) is 29.5 Å². The summed E-state index contributed by atoms with van der Waals surface area (Å²) in [4.78, 5) is 0. The van der Waals surface area contributed by atoms with E-state index in [4.69, 9.17) is 21.4 Å². The third-order valence-electron chi connectivity index (χ3n) is 3.49. The standard InChI is InChI=1S/C16H25ClO3/c1-5-6-20-16-11(3)8-14(17)12(4)15(16)10(2)7-13(19)9-18/h8,10,13,18-19H,5-7,9H2,1-4H3. The molecule has 0 fully saturated rings. The molecule has 0 aliphatic rings. The lowest BCUT2D eigenvalue weighted by molar-refractivity contribution is 0.0832. The summed E-state index contributed by atoms with van der Waals surface area (Å²) in [7, 11) is 0. The summed E-state index contributed by atoms with van der Waals surface area (Å²) < 4.78 is 5.89. The first-order valence-electron chi connectivity index (χ1n) is 7.13. The number of aryl methyl sites for hydroxylation is 1. The van der Waals surface area contributed by atoms with Gasteiger partial charge in [-0.15, -0.1) is 0 Å². The SMILES string of the molecule is CCCOc1c(C)cc(Cl)c(C)c1C(C)CC(O)CO. The number of aliphatic hydroxyl groups is 2. The Bertz CT molecular complexity index is 446. The molecule has 0 aliphatic heterocycles.